The fourth-order valence-corrected chi connectivity index (χ4v) is 4.92. The first kappa shape index (κ1) is 16.1. The molecule has 4 heteroatoms. The summed E-state index contributed by atoms with van der Waals surface area (Å²) in [6, 6.07) is 11.0. The van der Waals surface area contributed by atoms with Gasteiger partial charge in [0.05, 0.1) is 12.0 Å². The topological polar surface area (TPSA) is 38.1 Å². The van der Waals surface area contributed by atoms with Crippen LogP contribution < -0.4 is 0 Å². The Morgan fingerprint density at radius 2 is 1.81 bits per heavy atom. The Balaban J connectivity index is 1.36. The van der Waals surface area contributed by atoms with E-state index in [4.69, 9.17) is 4.98 Å². The van der Waals surface area contributed by atoms with E-state index in [1.54, 1.807) is 0 Å². The predicted molar refractivity (Wildman–Crippen MR) is 102 cm³/mol. The van der Waals surface area contributed by atoms with Gasteiger partial charge in [0.15, 0.2) is 0 Å². The van der Waals surface area contributed by atoms with Crippen LogP contribution in [-0.2, 0) is 11.3 Å². The zero-order valence-electron chi connectivity index (χ0n) is 15.3. The van der Waals surface area contributed by atoms with Gasteiger partial charge in [-0.15, -0.1) is 0 Å². The highest BCUT2D eigenvalue weighted by atomic mass is 16.2. The lowest BCUT2D eigenvalue weighted by Gasteiger charge is -2.24. The number of hydrogen-bond acceptors (Lipinski definition) is 2. The van der Waals surface area contributed by atoms with Crippen LogP contribution in [-0.4, -0.2) is 32.9 Å². The average Bonchev–Trinajstić information content (AvgIpc) is 3.06. The van der Waals surface area contributed by atoms with Gasteiger partial charge < -0.3 is 9.47 Å². The van der Waals surface area contributed by atoms with Crippen molar-refractivity contribution >= 4 is 5.91 Å². The molecular weight excluding hydrogens is 322 g/mol. The normalized spacial score (nSPS) is 23.9. The quantitative estimate of drug-likeness (QED) is 0.811. The molecule has 1 unspecified atom stereocenters. The number of hydrogen-bond donors (Lipinski definition) is 0. The van der Waals surface area contributed by atoms with Crippen molar-refractivity contribution in [1.29, 1.82) is 0 Å². The molecule has 1 aliphatic heterocycles. The Kier molecular flexibility index (Phi) is 4.07. The minimum atomic E-state index is 0.373. The van der Waals surface area contributed by atoms with Crippen molar-refractivity contribution in [3.05, 3.63) is 42.4 Å². The first-order valence-electron chi connectivity index (χ1n) is 10.2. The van der Waals surface area contributed by atoms with E-state index in [1.807, 2.05) is 6.33 Å². The molecule has 0 N–H and O–H groups in total. The van der Waals surface area contributed by atoms with Crippen LogP contribution in [0.15, 0.2) is 36.7 Å². The summed E-state index contributed by atoms with van der Waals surface area (Å²) < 4.78 is 2.36. The van der Waals surface area contributed by atoms with Crippen LogP contribution in [0, 0.1) is 5.92 Å². The lowest BCUT2D eigenvalue weighted by atomic mass is 10.1. The summed E-state index contributed by atoms with van der Waals surface area (Å²) in [5, 5.41) is 0. The molecule has 2 heterocycles. The van der Waals surface area contributed by atoms with Crippen LogP contribution in [0.2, 0.25) is 0 Å². The molecule has 0 bridgehead atoms. The van der Waals surface area contributed by atoms with Gasteiger partial charge in [-0.3, -0.25) is 4.79 Å². The van der Waals surface area contributed by atoms with Crippen molar-refractivity contribution < 1.29 is 4.79 Å². The number of rotatable bonds is 5. The number of benzene rings is 1. The maximum atomic E-state index is 12.5. The number of aromatic nitrogens is 2. The number of carbonyl (C=O) groups excluding carboxylic acids is 1. The van der Waals surface area contributed by atoms with Gasteiger partial charge in [-0.1, -0.05) is 43.2 Å². The van der Waals surface area contributed by atoms with Gasteiger partial charge in [0.25, 0.3) is 0 Å². The fraction of sp³-hybridized carbons (Fsp3) is 0.545. The summed E-state index contributed by atoms with van der Waals surface area (Å²) in [4.78, 5) is 19.5. The van der Waals surface area contributed by atoms with E-state index in [2.05, 4.69) is 39.8 Å². The van der Waals surface area contributed by atoms with Crippen molar-refractivity contribution in [2.45, 2.75) is 63.5 Å². The van der Waals surface area contributed by atoms with E-state index >= 15 is 0 Å². The molecule has 3 fully saturated rings. The number of nitrogens with zero attached hydrogens (tertiary/aromatic N) is 3. The second kappa shape index (κ2) is 6.57. The number of carbonyl (C=O) groups is 1. The molecule has 2 aliphatic carbocycles. The molecule has 1 atom stereocenters. The van der Waals surface area contributed by atoms with E-state index in [1.165, 1.54) is 49.8 Å². The Morgan fingerprint density at radius 3 is 2.54 bits per heavy atom. The molecule has 136 valence electrons. The lowest BCUT2D eigenvalue weighted by Crippen LogP contribution is -2.34. The Labute approximate surface area is 155 Å². The summed E-state index contributed by atoms with van der Waals surface area (Å²) >= 11 is 0. The number of amides is 1. The van der Waals surface area contributed by atoms with Gasteiger partial charge in [-0.2, -0.15) is 0 Å². The summed E-state index contributed by atoms with van der Waals surface area (Å²) in [7, 11) is 0. The average molecular weight is 349 g/mol. The standard InChI is InChI=1S/C22H27N3O/c26-20-12-16(14-25(20)19-8-4-5-9-19)13-24-15-23-21(22(24)18-10-11-18)17-6-2-1-3-7-17/h1-3,6-7,15-16,18-19H,4-5,8-14H2. The third kappa shape index (κ3) is 2.95. The highest BCUT2D eigenvalue weighted by molar-refractivity contribution is 5.79. The number of likely N-dealkylation sites (tertiary alicyclic amines) is 1. The molecule has 26 heavy (non-hydrogen) atoms. The van der Waals surface area contributed by atoms with E-state index < -0.39 is 0 Å². The highest BCUT2D eigenvalue weighted by Crippen LogP contribution is 2.44. The first-order valence-corrected chi connectivity index (χ1v) is 10.2. The fourth-order valence-electron chi connectivity index (χ4n) is 4.92. The Bertz CT molecular complexity index is 787. The summed E-state index contributed by atoms with van der Waals surface area (Å²) in [5.74, 6) is 1.45. The zero-order chi connectivity index (χ0) is 17.5. The van der Waals surface area contributed by atoms with Crippen LogP contribution in [0.4, 0.5) is 0 Å². The monoisotopic (exact) mass is 349 g/mol. The van der Waals surface area contributed by atoms with Crippen molar-refractivity contribution in [3.8, 4) is 11.3 Å². The summed E-state index contributed by atoms with van der Waals surface area (Å²) in [6.45, 7) is 1.87. The first-order chi connectivity index (χ1) is 12.8. The maximum Gasteiger partial charge on any atom is 0.223 e. The van der Waals surface area contributed by atoms with Gasteiger partial charge in [0.2, 0.25) is 5.91 Å². The van der Waals surface area contributed by atoms with Gasteiger partial charge >= 0.3 is 0 Å². The Morgan fingerprint density at radius 1 is 1.04 bits per heavy atom. The smallest absolute Gasteiger partial charge is 0.223 e. The van der Waals surface area contributed by atoms with Gasteiger partial charge in [0.1, 0.15) is 0 Å². The zero-order valence-corrected chi connectivity index (χ0v) is 15.3. The molecule has 1 aromatic heterocycles. The molecule has 3 aliphatic rings. The molecule has 5 rings (SSSR count). The molecular formula is C22H27N3O. The van der Waals surface area contributed by atoms with Gasteiger partial charge in [-0.25, -0.2) is 4.98 Å². The van der Waals surface area contributed by atoms with E-state index in [0.29, 0.717) is 30.2 Å². The van der Waals surface area contributed by atoms with E-state index in [-0.39, 0.29) is 0 Å². The molecule has 0 spiro atoms. The highest BCUT2D eigenvalue weighted by Gasteiger charge is 2.37. The largest absolute Gasteiger partial charge is 0.339 e. The van der Waals surface area contributed by atoms with Crippen LogP contribution in [0.1, 0.15) is 56.6 Å². The van der Waals surface area contributed by atoms with E-state index in [0.717, 1.165) is 18.8 Å². The third-order valence-electron chi connectivity index (χ3n) is 6.35. The minimum Gasteiger partial charge on any atom is -0.339 e. The molecule has 2 saturated carbocycles. The molecule has 0 radical (unpaired) electrons. The van der Waals surface area contributed by atoms with Crippen molar-refractivity contribution in [3.63, 3.8) is 0 Å². The van der Waals surface area contributed by atoms with Crippen molar-refractivity contribution in [2.75, 3.05) is 6.54 Å². The molecule has 1 saturated heterocycles. The van der Waals surface area contributed by atoms with Crippen LogP contribution in [0.25, 0.3) is 11.3 Å². The molecule has 4 nitrogen and oxygen atoms in total. The SMILES string of the molecule is O=C1CC(Cn2cnc(-c3ccccc3)c2C2CC2)CN1C1CCCC1. The minimum absolute atomic E-state index is 0.373. The van der Waals surface area contributed by atoms with Crippen LogP contribution in [0.5, 0.6) is 0 Å². The predicted octanol–water partition coefficient (Wildman–Crippen LogP) is 4.22. The lowest BCUT2D eigenvalue weighted by molar-refractivity contribution is -0.129. The van der Waals surface area contributed by atoms with Gasteiger partial charge in [0, 0.05) is 48.6 Å². The maximum absolute atomic E-state index is 12.5. The van der Waals surface area contributed by atoms with Crippen LogP contribution in [0.3, 0.4) is 0 Å². The number of imidazole rings is 1. The molecule has 1 aromatic carbocycles. The van der Waals surface area contributed by atoms with Crippen LogP contribution >= 0.6 is 0 Å². The molecule has 1 amide bonds. The third-order valence-corrected chi connectivity index (χ3v) is 6.35. The van der Waals surface area contributed by atoms with Crippen molar-refractivity contribution in [1.82, 2.24) is 14.5 Å². The second-order valence-electron chi connectivity index (χ2n) is 8.33. The summed E-state index contributed by atoms with van der Waals surface area (Å²) in [5.41, 5.74) is 3.75. The second-order valence-corrected chi connectivity index (χ2v) is 8.33. The van der Waals surface area contributed by atoms with E-state index in [9.17, 15) is 4.79 Å². The Hall–Kier alpha value is -2.10. The molecule has 2 aromatic rings. The summed E-state index contributed by atoms with van der Waals surface area (Å²) in [6.07, 6.45) is 10.2. The van der Waals surface area contributed by atoms with Crippen molar-refractivity contribution in [2.24, 2.45) is 5.92 Å². The van der Waals surface area contributed by atoms with Gasteiger partial charge in [-0.05, 0) is 25.7 Å².